The molecule has 0 spiro atoms. The van der Waals surface area contributed by atoms with E-state index < -0.39 is 40.5 Å². The van der Waals surface area contributed by atoms with Crippen molar-refractivity contribution in [3.8, 4) is 0 Å². The van der Waals surface area contributed by atoms with Gasteiger partial charge in [0.1, 0.15) is 23.1 Å². The van der Waals surface area contributed by atoms with Crippen molar-refractivity contribution in [3.63, 3.8) is 0 Å². The lowest BCUT2D eigenvalue weighted by Crippen LogP contribution is -2.73. The number of Topliss-reactive ketones (excluding diaryl/α,β-unsaturated/α-hetero) is 1. The number of hydrogen-bond donors (Lipinski definition) is 4. The van der Waals surface area contributed by atoms with E-state index in [2.05, 4.69) is 34.6 Å². The number of ketones is 1. The van der Waals surface area contributed by atoms with Crippen LogP contribution in [0.4, 0.5) is 0 Å². The molecular formula is C30H50O6. The molecule has 206 valence electrons. The van der Waals surface area contributed by atoms with Gasteiger partial charge in [-0.25, -0.2) is 0 Å². The molecule has 4 N–H and O–H groups in total. The number of aliphatic hydroxyl groups is 4. The van der Waals surface area contributed by atoms with Gasteiger partial charge in [-0.15, -0.1) is 0 Å². The third-order valence-corrected chi connectivity index (χ3v) is 13.3. The van der Waals surface area contributed by atoms with Crippen LogP contribution < -0.4 is 0 Å². The van der Waals surface area contributed by atoms with Gasteiger partial charge in [-0.3, -0.25) is 4.79 Å². The van der Waals surface area contributed by atoms with E-state index in [9.17, 15) is 25.2 Å². The van der Waals surface area contributed by atoms with Crippen molar-refractivity contribution in [3.05, 3.63) is 0 Å². The number of carbonyl (C=O) groups excluding carboxylic acids is 1. The quantitative estimate of drug-likeness (QED) is 0.451. The van der Waals surface area contributed by atoms with Crippen molar-refractivity contribution in [1.29, 1.82) is 0 Å². The Labute approximate surface area is 217 Å². The van der Waals surface area contributed by atoms with Gasteiger partial charge in [0.2, 0.25) is 0 Å². The molecule has 6 heteroatoms. The van der Waals surface area contributed by atoms with Crippen LogP contribution in [-0.4, -0.2) is 61.3 Å². The Morgan fingerprint density at radius 1 is 1.00 bits per heavy atom. The van der Waals surface area contributed by atoms with Gasteiger partial charge in [0.25, 0.3) is 0 Å². The minimum atomic E-state index is -1.41. The van der Waals surface area contributed by atoms with Crippen LogP contribution in [0.1, 0.15) is 107 Å². The zero-order valence-electron chi connectivity index (χ0n) is 23.7. The van der Waals surface area contributed by atoms with Gasteiger partial charge in [0, 0.05) is 17.3 Å². The molecule has 0 aromatic heterocycles. The molecule has 1 saturated heterocycles. The summed E-state index contributed by atoms with van der Waals surface area (Å²) < 4.78 is 6.43. The average molecular weight is 507 g/mol. The van der Waals surface area contributed by atoms with Crippen LogP contribution in [0, 0.1) is 39.4 Å². The summed E-state index contributed by atoms with van der Waals surface area (Å²) in [6, 6.07) is 0. The molecule has 0 radical (unpaired) electrons. The van der Waals surface area contributed by atoms with Gasteiger partial charge in [0.05, 0.1) is 17.8 Å². The predicted octanol–water partition coefficient (Wildman–Crippen LogP) is 4.01. The van der Waals surface area contributed by atoms with Crippen molar-refractivity contribution < 1.29 is 30.0 Å². The molecule has 5 rings (SSSR count). The molecular weight excluding hydrogens is 456 g/mol. The van der Waals surface area contributed by atoms with E-state index in [1.54, 1.807) is 13.8 Å². The van der Waals surface area contributed by atoms with Crippen molar-refractivity contribution in [1.82, 2.24) is 0 Å². The smallest absolute Gasteiger partial charge is 0.138 e. The molecule has 36 heavy (non-hydrogen) atoms. The summed E-state index contributed by atoms with van der Waals surface area (Å²) in [5, 5.41) is 46.3. The zero-order valence-corrected chi connectivity index (χ0v) is 23.7. The highest BCUT2D eigenvalue weighted by molar-refractivity contribution is 5.85. The molecule has 1 aliphatic heterocycles. The van der Waals surface area contributed by atoms with Crippen LogP contribution >= 0.6 is 0 Å². The number of carbonyl (C=O) groups is 1. The third kappa shape index (κ3) is 2.94. The van der Waals surface area contributed by atoms with E-state index >= 15 is 0 Å². The Kier molecular flexibility index (Phi) is 5.68. The van der Waals surface area contributed by atoms with Crippen molar-refractivity contribution in [2.24, 2.45) is 39.4 Å². The maximum absolute atomic E-state index is 12.9. The first-order valence-corrected chi connectivity index (χ1v) is 14.3. The van der Waals surface area contributed by atoms with Gasteiger partial charge in [-0.05, 0) is 87.4 Å². The van der Waals surface area contributed by atoms with E-state index in [4.69, 9.17) is 4.74 Å². The summed E-state index contributed by atoms with van der Waals surface area (Å²) in [5.74, 6) is 0.765. The van der Waals surface area contributed by atoms with Crippen molar-refractivity contribution in [2.45, 2.75) is 142 Å². The molecule has 0 amide bonds. The lowest BCUT2D eigenvalue weighted by molar-refractivity contribution is -0.308. The first-order chi connectivity index (χ1) is 16.3. The molecule has 4 aliphatic carbocycles. The monoisotopic (exact) mass is 506 g/mol. The standard InChI is InChI=1S/C30H50O6/c1-17-15-18(23(32)25(4,5)33)36-22-16-28(8)27(7)13-9-19-24(2,3)21(31)11-12-26(19,6)20(27)10-14-29(28,34)30(17,22)35/h17-20,22-23,32-35H,9-16H2,1-8H3. The molecule has 0 bridgehead atoms. The summed E-state index contributed by atoms with van der Waals surface area (Å²) in [6.45, 7) is 16.3. The maximum atomic E-state index is 12.9. The Morgan fingerprint density at radius 3 is 2.22 bits per heavy atom. The van der Waals surface area contributed by atoms with Gasteiger partial charge < -0.3 is 25.2 Å². The largest absolute Gasteiger partial charge is 0.388 e. The number of fused-ring (bicyclic) bond motifs is 7. The highest BCUT2D eigenvalue weighted by Gasteiger charge is 2.80. The van der Waals surface area contributed by atoms with Gasteiger partial charge >= 0.3 is 0 Å². The highest BCUT2D eigenvalue weighted by atomic mass is 16.5. The number of aliphatic hydroxyl groups excluding tert-OH is 1. The Bertz CT molecular complexity index is 940. The first-order valence-electron chi connectivity index (χ1n) is 14.3. The van der Waals surface area contributed by atoms with E-state index in [-0.39, 0.29) is 22.2 Å². The second-order valence-corrected chi connectivity index (χ2v) is 15.4. The van der Waals surface area contributed by atoms with Crippen LogP contribution in [0.25, 0.3) is 0 Å². The average Bonchev–Trinajstić information content (AvgIpc) is 2.95. The van der Waals surface area contributed by atoms with E-state index in [0.29, 0.717) is 43.3 Å². The van der Waals surface area contributed by atoms with Gasteiger partial charge in [-0.2, -0.15) is 0 Å². The normalized spacial score (nSPS) is 55.2. The molecule has 4 saturated carbocycles. The fourth-order valence-corrected chi connectivity index (χ4v) is 10.9. The van der Waals surface area contributed by atoms with E-state index in [1.807, 2.05) is 6.92 Å². The Morgan fingerprint density at radius 2 is 1.61 bits per heavy atom. The second-order valence-electron chi connectivity index (χ2n) is 15.4. The fraction of sp³-hybridized carbons (Fsp3) is 0.967. The number of ether oxygens (including phenoxy) is 1. The van der Waals surface area contributed by atoms with E-state index in [1.165, 1.54) is 0 Å². The topological polar surface area (TPSA) is 107 Å². The van der Waals surface area contributed by atoms with Crippen LogP contribution in [-0.2, 0) is 9.53 Å². The number of hydrogen-bond acceptors (Lipinski definition) is 6. The second kappa shape index (κ2) is 7.56. The summed E-state index contributed by atoms with van der Waals surface area (Å²) in [6.07, 6.45) is 3.36. The summed E-state index contributed by atoms with van der Waals surface area (Å²) in [5.41, 5.74) is -5.15. The fourth-order valence-electron chi connectivity index (χ4n) is 10.9. The lowest BCUT2D eigenvalue weighted by Gasteiger charge is -2.71. The minimum absolute atomic E-state index is 0.0112. The molecule has 5 aliphatic rings. The maximum Gasteiger partial charge on any atom is 0.138 e. The SMILES string of the molecule is CC1CC(C(O)C(C)(C)O)OC2CC3(C)C4(C)CCC5C(C)(C)C(=O)CCC5(C)C4CCC3(O)C12O. The highest BCUT2D eigenvalue weighted by Crippen LogP contribution is 2.77. The van der Waals surface area contributed by atoms with Gasteiger partial charge in [-0.1, -0.05) is 41.5 Å². The van der Waals surface area contributed by atoms with Crippen LogP contribution in [0.3, 0.4) is 0 Å². The minimum Gasteiger partial charge on any atom is -0.388 e. The molecule has 11 atom stereocenters. The van der Waals surface area contributed by atoms with Gasteiger partial charge in [0.15, 0.2) is 0 Å². The molecule has 11 unspecified atom stereocenters. The zero-order chi connectivity index (χ0) is 26.9. The molecule has 0 aromatic rings. The Balaban J connectivity index is 1.55. The van der Waals surface area contributed by atoms with Crippen LogP contribution in [0.2, 0.25) is 0 Å². The number of rotatable bonds is 2. The van der Waals surface area contributed by atoms with E-state index in [0.717, 1.165) is 25.7 Å². The first kappa shape index (κ1) is 27.1. The lowest BCUT2D eigenvalue weighted by atomic mass is 9.34. The van der Waals surface area contributed by atoms with Crippen molar-refractivity contribution >= 4 is 5.78 Å². The molecule has 6 nitrogen and oxygen atoms in total. The molecule has 1 heterocycles. The third-order valence-electron chi connectivity index (χ3n) is 13.3. The summed E-state index contributed by atoms with van der Waals surface area (Å²) in [7, 11) is 0. The van der Waals surface area contributed by atoms with Crippen LogP contribution in [0.15, 0.2) is 0 Å². The van der Waals surface area contributed by atoms with Crippen LogP contribution in [0.5, 0.6) is 0 Å². The summed E-state index contributed by atoms with van der Waals surface area (Å²) in [4.78, 5) is 12.9. The molecule has 0 aromatic carbocycles. The predicted molar refractivity (Wildman–Crippen MR) is 137 cm³/mol. The Hall–Kier alpha value is -0.530. The van der Waals surface area contributed by atoms with Crippen molar-refractivity contribution in [2.75, 3.05) is 0 Å². The molecule has 5 fully saturated rings. The summed E-state index contributed by atoms with van der Waals surface area (Å²) >= 11 is 0.